The summed E-state index contributed by atoms with van der Waals surface area (Å²) in [5, 5.41) is 0. The van der Waals surface area contributed by atoms with Gasteiger partial charge in [-0.2, -0.15) is 0 Å². The molecule has 0 radical (unpaired) electrons. The molecule has 20 heavy (non-hydrogen) atoms. The molecule has 1 aliphatic heterocycles. The van der Waals surface area contributed by atoms with E-state index in [0.717, 1.165) is 25.9 Å². The van der Waals surface area contributed by atoms with Gasteiger partial charge in [-0.25, -0.2) is 0 Å². The van der Waals surface area contributed by atoms with Gasteiger partial charge in [-0.15, -0.1) is 12.4 Å². The fourth-order valence-corrected chi connectivity index (χ4v) is 4.05. The number of rotatable bonds is 3. The summed E-state index contributed by atoms with van der Waals surface area (Å²) in [6.07, 6.45) is 8.04. The predicted octanol–water partition coefficient (Wildman–Crippen LogP) is 3.21. The van der Waals surface area contributed by atoms with E-state index in [2.05, 4.69) is 18.7 Å². The summed E-state index contributed by atoms with van der Waals surface area (Å²) < 4.78 is 0. The number of nitrogens with zero attached hydrogens (tertiary/aromatic N) is 1. The molecule has 2 rings (SSSR count). The molecule has 2 fully saturated rings. The van der Waals surface area contributed by atoms with Crippen molar-refractivity contribution in [3.8, 4) is 0 Å². The molecule has 0 bridgehead atoms. The Kier molecular flexibility index (Phi) is 6.80. The van der Waals surface area contributed by atoms with Crippen molar-refractivity contribution in [1.29, 1.82) is 0 Å². The van der Waals surface area contributed by atoms with Crippen LogP contribution in [0.3, 0.4) is 0 Å². The lowest BCUT2D eigenvalue weighted by Crippen LogP contribution is -2.46. The Bertz CT molecular complexity index is 306. The Hall–Kier alpha value is -0.280. The van der Waals surface area contributed by atoms with E-state index in [-0.39, 0.29) is 17.8 Å². The first kappa shape index (κ1) is 17.8. The number of nitrogens with two attached hydrogens (primary N) is 1. The number of piperidine rings is 1. The van der Waals surface area contributed by atoms with Crippen molar-refractivity contribution in [3.05, 3.63) is 0 Å². The standard InChI is InChI=1S/C16H30N2O.ClH/c1-13-8-14(2)11-18(10-13)15(19)9-16(12-17)6-4-3-5-7-16;/h13-14H,3-12,17H2,1-2H3;1H. The highest BCUT2D eigenvalue weighted by atomic mass is 35.5. The summed E-state index contributed by atoms with van der Waals surface area (Å²) in [6, 6.07) is 0. The molecular weight excluding hydrogens is 272 g/mol. The zero-order chi connectivity index (χ0) is 13.9. The monoisotopic (exact) mass is 302 g/mol. The first-order valence-electron chi connectivity index (χ1n) is 8.02. The highest BCUT2D eigenvalue weighted by Crippen LogP contribution is 2.39. The molecule has 0 spiro atoms. The molecule has 4 heteroatoms. The van der Waals surface area contributed by atoms with Crippen LogP contribution in [0.25, 0.3) is 0 Å². The van der Waals surface area contributed by atoms with Crippen LogP contribution >= 0.6 is 12.4 Å². The maximum atomic E-state index is 12.6. The van der Waals surface area contributed by atoms with Crippen molar-refractivity contribution in [2.24, 2.45) is 23.0 Å². The number of hydrogen-bond donors (Lipinski definition) is 1. The van der Waals surface area contributed by atoms with E-state index in [1.54, 1.807) is 0 Å². The molecule has 1 aliphatic carbocycles. The summed E-state index contributed by atoms with van der Waals surface area (Å²) in [7, 11) is 0. The average molecular weight is 303 g/mol. The van der Waals surface area contributed by atoms with Gasteiger partial charge in [0.05, 0.1) is 0 Å². The molecule has 1 saturated carbocycles. The van der Waals surface area contributed by atoms with Gasteiger partial charge >= 0.3 is 0 Å². The van der Waals surface area contributed by atoms with Gasteiger partial charge < -0.3 is 10.6 Å². The molecule has 3 nitrogen and oxygen atoms in total. The first-order chi connectivity index (χ1) is 9.04. The second kappa shape index (κ2) is 7.65. The van der Waals surface area contributed by atoms with Gasteiger partial charge in [-0.05, 0) is 43.1 Å². The lowest BCUT2D eigenvalue weighted by atomic mass is 9.71. The Morgan fingerprint density at radius 2 is 1.70 bits per heavy atom. The fourth-order valence-electron chi connectivity index (χ4n) is 4.05. The molecule has 2 atom stereocenters. The topological polar surface area (TPSA) is 46.3 Å². The first-order valence-corrected chi connectivity index (χ1v) is 8.02. The molecule has 0 aromatic carbocycles. The fraction of sp³-hybridized carbons (Fsp3) is 0.938. The van der Waals surface area contributed by atoms with E-state index >= 15 is 0 Å². The average Bonchev–Trinajstić information content (AvgIpc) is 2.38. The maximum Gasteiger partial charge on any atom is 0.223 e. The zero-order valence-electron chi connectivity index (χ0n) is 13.1. The van der Waals surface area contributed by atoms with E-state index in [0.29, 0.717) is 30.7 Å². The SMILES string of the molecule is CC1CC(C)CN(C(=O)CC2(CN)CCCCC2)C1.Cl. The summed E-state index contributed by atoms with van der Waals surface area (Å²) in [4.78, 5) is 14.7. The lowest BCUT2D eigenvalue weighted by molar-refractivity contribution is -0.136. The number of hydrogen-bond acceptors (Lipinski definition) is 2. The Labute approximate surface area is 130 Å². The van der Waals surface area contributed by atoms with Crippen LogP contribution in [0, 0.1) is 17.3 Å². The van der Waals surface area contributed by atoms with Crippen LogP contribution < -0.4 is 5.73 Å². The number of carbonyl (C=O) groups is 1. The van der Waals surface area contributed by atoms with Crippen LogP contribution in [0.5, 0.6) is 0 Å². The third kappa shape index (κ3) is 4.36. The summed E-state index contributed by atoms with van der Waals surface area (Å²) in [5.74, 6) is 1.64. The normalized spacial score (nSPS) is 29.6. The van der Waals surface area contributed by atoms with Gasteiger partial charge in [-0.1, -0.05) is 33.1 Å². The molecular formula is C16H31ClN2O. The highest BCUT2D eigenvalue weighted by molar-refractivity contribution is 5.85. The van der Waals surface area contributed by atoms with E-state index in [1.807, 2.05) is 0 Å². The Balaban J connectivity index is 0.00000200. The van der Waals surface area contributed by atoms with Crippen LogP contribution in [0.2, 0.25) is 0 Å². The van der Waals surface area contributed by atoms with Crippen LogP contribution in [0.4, 0.5) is 0 Å². The molecule has 0 aromatic rings. The highest BCUT2D eigenvalue weighted by Gasteiger charge is 2.35. The Morgan fingerprint density at radius 1 is 1.15 bits per heavy atom. The minimum atomic E-state index is 0. The minimum absolute atomic E-state index is 0. The van der Waals surface area contributed by atoms with E-state index in [1.165, 1.54) is 25.7 Å². The summed E-state index contributed by atoms with van der Waals surface area (Å²) in [6.45, 7) is 7.09. The van der Waals surface area contributed by atoms with Gasteiger partial charge in [0.25, 0.3) is 0 Å². The zero-order valence-corrected chi connectivity index (χ0v) is 13.9. The smallest absolute Gasteiger partial charge is 0.223 e. The second-order valence-electron chi connectivity index (χ2n) is 7.19. The van der Waals surface area contributed by atoms with E-state index in [9.17, 15) is 4.79 Å². The second-order valence-corrected chi connectivity index (χ2v) is 7.19. The number of amides is 1. The molecule has 2 aliphatic rings. The molecule has 1 heterocycles. The number of carbonyl (C=O) groups excluding carboxylic acids is 1. The van der Waals surface area contributed by atoms with Crippen LogP contribution in [0.15, 0.2) is 0 Å². The minimum Gasteiger partial charge on any atom is -0.342 e. The van der Waals surface area contributed by atoms with E-state index < -0.39 is 0 Å². The summed E-state index contributed by atoms with van der Waals surface area (Å²) in [5.41, 5.74) is 6.11. The molecule has 1 amide bonds. The quantitative estimate of drug-likeness (QED) is 0.870. The van der Waals surface area contributed by atoms with Crippen molar-refractivity contribution in [3.63, 3.8) is 0 Å². The third-order valence-electron chi connectivity index (χ3n) is 5.10. The number of halogens is 1. The van der Waals surface area contributed by atoms with Crippen LogP contribution in [0.1, 0.15) is 58.8 Å². The summed E-state index contributed by atoms with van der Waals surface area (Å²) >= 11 is 0. The van der Waals surface area contributed by atoms with Gasteiger partial charge in [0, 0.05) is 19.5 Å². The molecule has 2 N–H and O–H groups in total. The predicted molar refractivity (Wildman–Crippen MR) is 86.0 cm³/mol. The lowest BCUT2D eigenvalue weighted by Gasteiger charge is -2.40. The molecule has 2 unspecified atom stereocenters. The van der Waals surface area contributed by atoms with Gasteiger partial charge in [0.1, 0.15) is 0 Å². The third-order valence-corrected chi connectivity index (χ3v) is 5.10. The van der Waals surface area contributed by atoms with Crippen LogP contribution in [-0.4, -0.2) is 30.4 Å². The van der Waals surface area contributed by atoms with E-state index in [4.69, 9.17) is 5.73 Å². The number of likely N-dealkylation sites (tertiary alicyclic amines) is 1. The van der Waals surface area contributed by atoms with Gasteiger partial charge in [0.15, 0.2) is 0 Å². The van der Waals surface area contributed by atoms with Crippen molar-refractivity contribution >= 4 is 18.3 Å². The Morgan fingerprint density at radius 3 is 2.20 bits per heavy atom. The largest absolute Gasteiger partial charge is 0.342 e. The van der Waals surface area contributed by atoms with Crippen LogP contribution in [-0.2, 0) is 4.79 Å². The molecule has 0 aromatic heterocycles. The molecule has 118 valence electrons. The van der Waals surface area contributed by atoms with Crippen molar-refractivity contribution in [2.75, 3.05) is 19.6 Å². The van der Waals surface area contributed by atoms with Crippen molar-refractivity contribution in [1.82, 2.24) is 4.90 Å². The van der Waals surface area contributed by atoms with Crippen molar-refractivity contribution < 1.29 is 4.79 Å². The van der Waals surface area contributed by atoms with Gasteiger partial charge in [0.2, 0.25) is 5.91 Å². The van der Waals surface area contributed by atoms with Gasteiger partial charge in [-0.3, -0.25) is 4.79 Å². The van der Waals surface area contributed by atoms with Crippen molar-refractivity contribution in [2.45, 2.75) is 58.8 Å². The molecule has 1 saturated heterocycles. The maximum absolute atomic E-state index is 12.6.